The number of halogens is 1. The number of nitrogens with zero attached hydrogens (tertiary/aromatic N) is 3. The van der Waals surface area contributed by atoms with Crippen molar-refractivity contribution in [3.05, 3.63) is 58.2 Å². The lowest BCUT2D eigenvalue weighted by molar-refractivity contribution is -0.145. The molecule has 0 aliphatic heterocycles. The Balaban J connectivity index is 1.93. The van der Waals surface area contributed by atoms with Crippen LogP contribution in [0.1, 0.15) is 30.7 Å². The van der Waals surface area contributed by atoms with Crippen molar-refractivity contribution >= 4 is 34.2 Å². The highest BCUT2D eigenvalue weighted by atomic mass is 35.5. The molecule has 168 valence electrons. The summed E-state index contributed by atoms with van der Waals surface area (Å²) in [5, 5.41) is 31.7. The summed E-state index contributed by atoms with van der Waals surface area (Å²) in [4.78, 5) is 10.8. The van der Waals surface area contributed by atoms with E-state index in [0.717, 1.165) is 5.56 Å². The molecule has 8 nitrogen and oxygen atoms in total. The van der Waals surface area contributed by atoms with Crippen molar-refractivity contribution in [3.8, 4) is 23.7 Å². The molecule has 0 atom stereocenters. The monoisotopic (exact) mass is 464 g/mol. The zero-order chi connectivity index (χ0) is 24.0. The Morgan fingerprint density at radius 2 is 2.00 bits per heavy atom. The van der Waals surface area contributed by atoms with Gasteiger partial charge in [0.2, 0.25) is 0 Å². The van der Waals surface area contributed by atoms with Gasteiger partial charge in [0.1, 0.15) is 23.7 Å². The maximum absolute atomic E-state index is 10.8. The van der Waals surface area contributed by atoms with Crippen molar-refractivity contribution in [2.24, 2.45) is 0 Å². The van der Waals surface area contributed by atoms with E-state index in [9.17, 15) is 10.1 Å². The molecule has 1 heterocycles. The number of carbonyl (C=O) groups is 1. The number of fused-ring (bicyclic) bond motifs is 1. The molecule has 0 radical (unpaired) electrons. The highest BCUT2D eigenvalue weighted by Gasteiger charge is 2.17. The number of aliphatic carboxylic acids is 1. The fourth-order valence-corrected chi connectivity index (χ4v) is 3.22. The lowest BCUT2D eigenvalue weighted by atomic mass is 10.1. The van der Waals surface area contributed by atoms with E-state index < -0.39 is 18.2 Å². The lowest BCUT2D eigenvalue weighted by Gasteiger charge is -2.17. The number of nitriles is 1. The van der Waals surface area contributed by atoms with E-state index in [2.05, 4.69) is 33.4 Å². The number of methoxy groups -OCH3 is 1. The molecular weight excluding hydrogens is 444 g/mol. The van der Waals surface area contributed by atoms with Gasteiger partial charge in [-0.3, -0.25) is 0 Å². The average Bonchev–Trinajstić information content (AvgIpc) is 2.80. The van der Waals surface area contributed by atoms with Crippen LogP contribution in [0.15, 0.2) is 36.4 Å². The van der Waals surface area contributed by atoms with Gasteiger partial charge in [0.05, 0.1) is 23.8 Å². The smallest absolute Gasteiger partial charge is 0.329 e. The van der Waals surface area contributed by atoms with Crippen molar-refractivity contribution in [3.63, 3.8) is 0 Å². The van der Waals surface area contributed by atoms with Crippen LogP contribution in [-0.2, 0) is 16.1 Å². The Labute approximate surface area is 196 Å². The Morgan fingerprint density at radius 1 is 1.21 bits per heavy atom. The van der Waals surface area contributed by atoms with Gasteiger partial charge in [-0.1, -0.05) is 29.7 Å². The lowest BCUT2D eigenvalue weighted by Crippen LogP contribution is -2.25. The van der Waals surface area contributed by atoms with Crippen LogP contribution in [0.2, 0.25) is 5.02 Å². The summed E-state index contributed by atoms with van der Waals surface area (Å²) < 4.78 is 10.5. The van der Waals surface area contributed by atoms with Gasteiger partial charge < -0.3 is 19.9 Å². The summed E-state index contributed by atoms with van der Waals surface area (Å²) in [5.41, 5.74) is 0.770. The minimum atomic E-state index is -1.08. The fraction of sp³-hybridized carbons (Fsp3) is 0.250. The minimum Gasteiger partial charge on any atom is -0.495 e. The zero-order valence-electron chi connectivity index (χ0n) is 18.3. The van der Waals surface area contributed by atoms with Crippen LogP contribution in [0.5, 0.6) is 5.75 Å². The number of nitrogens with one attached hydrogen (secondary N) is 1. The third-order valence-electron chi connectivity index (χ3n) is 4.62. The summed E-state index contributed by atoms with van der Waals surface area (Å²) in [6.45, 7) is 3.30. The molecule has 0 saturated carbocycles. The molecule has 0 amide bonds. The number of ether oxygens (including phenoxy) is 2. The second kappa shape index (κ2) is 10.2. The first kappa shape index (κ1) is 23.8. The molecule has 2 aromatic carbocycles. The van der Waals surface area contributed by atoms with Gasteiger partial charge in [0, 0.05) is 17.3 Å². The number of aromatic nitrogens is 2. The van der Waals surface area contributed by atoms with Crippen LogP contribution in [0.25, 0.3) is 10.8 Å². The fourth-order valence-electron chi connectivity index (χ4n) is 2.94. The molecule has 3 aromatic rings. The molecular formula is C24H21ClN4O4. The molecule has 0 aliphatic carbocycles. The van der Waals surface area contributed by atoms with Crippen LogP contribution >= 0.6 is 11.6 Å². The van der Waals surface area contributed by atoms with E-state index in [-0.39, 0.29) is 0 Å². The predicted octanol–water partition coefficient (Wildman–Crippen LogP) is 4.01. The van der Waals surface area contributed by atoms with Crippen molar-refractivity contribution in [2.75, 3.05) is 19.0 Å². The number of hydrogen-bond acceptors (Lipinski definition) is 7. The van der Waals surface area contributed by atoms with E-state index in [1.807, 2.05) is 6.07 Å². The molecule has 3 rings (SSSR count). The number of benzene rings is 2. The Morgan fingerprint density at radius 3 is 2.67 bits per heavy atom. The molecule has 0 aliphatic rings. The van der Waals surface area contributed by atoms with Crippen molar-refractivity contribution < 1.29 is 19.4 Å². The Bertz CT molecular complexity index is 1310. The largest absolute Gasteiger partial charge is 0.495 e. The van der Waals surface area contributed by atoms with Gasteiger partial charge >= 0.3 is 5.97 Å². The van der Waals surface area contributed by atoms with Crippen LogP contribution in [0, 0.1) is 23.2 Å². The molecule has 33 heavy (non-hydrogen) atoms. The molecule has 0 saturated heterocycles. The Kier molecular flexibility index (Phi) is 7.34. The summed E-state index contributed by atoms with van der Waals surface area (Å²) >= 11 is 6.20. The molecule has 0 spiro atoms. The number of carboxylic acids is 1. The molecule has 9 heteroatoms. The summed E-state index contributed by atoms with van der Waals surface area (Å²) in [5.74, 6) is 5.82. The standard InChI is InChI=1S/C24H21ClN4O4/c1-24(2,33-14-22(30)31)9-8-20-17-6-4-15(12-26)10-18(17)23(29-28-20)27-13-16-5-7-21(32-3)19(25)11-16/h4-7,10-11H,13-14H2,1-3H3,(H,27,29)(H,30,31). The van der Waals surface area contributed by atoms with Gasteiger partial charge in [-0.05, 0) is 49.6 Å². The third kappa shape index (κ3) is 6.11. The van der Waals surface area contributed by atoms with Crippen LogP contribution in [0.4, 0.5) is 5.82 Å². The highest BCUT2D eigenvalue weighted by Crippen LogP contribution is 2.27. The van der Waals surface area contributed by atoms with Crippen molar-refractivity contribution in [1.82, 2.24) is 10.2 Å². The van der Waals surface area contributed by atoms with Gasteiger partial charge in [0.15, 0.2) is 5.82 Å². The topological polar surface area (TPSA) is 117 Å². The highest BCUT2D eigenvalue weighted by molar-refractivity contribution is 6.32. The zero-order valence-corrected chi connectivity index (χ0v) is 19.0. The SMILES string of the molecule is COc1ccc(CNc2nnc(C#CC(C)(C)OCC(=O)O)c3ccc(C#N)cc23)cc1Cl. The van der Waals surface area contributed by atoms with E-state index >= 15 is 0 Å². The van der Waals surface area contributed by atoms with Crippen LogP contribution < -0.4 is 10.1 Å². The predicted molar refractivity (Wildman–Crippen MR) is 124 cm³/mol. The van der Waals surface area contributed by atoms with Gasteiger partial charge in [-0.15, -0.1) is 10.2 Å². The van der Waals surface area contributed by atoms with Crippen LogP contribution in [0.3, 0.4) is 0 Å². The van der Waals surface area contributed by atoms with E-state index in [1.54, 1.807) is 51.3 Å². The van der Waals surface area contributed by atoms with E-state index in [0.29, 0.717) is 45.2 Å². The Hall–Kier alpha value is -3.85. The second-order valence-corrected chi connectivity index (χ2v) is 7.94. The number of anilines is 1. The average molecular weight is 465 g/mol. The third-order valence-corrected chi connectivity index (χ3v) is 4.92. The summed E-state index contributed by atoms with van der Waals surface area (Å²) in [6, 6.07) is 12.7. The maximum Gasteiger partial charge on any atom is 0.329 e. The number of carboxylic acid groups (broad SMARTS) is 1. The first-order chi connectivity index (χ1) is 15.7. The second-order valence-electron chi connectivity index (χ2n) is 7.53. The molecule has 0 bridgehead atoms. The van der Waals surface area contributed by atoms with Crippen molar-refractivity contribution in [1.29, 1.82) is 5.26 Å². The molecule has 0 unspecified atom stereocenters. The first-order valence-electron chi connectivity index (χ1n) is 9.88. The van der Waals surface area contributed by atoms with Gasteiger partial charge in [0.25, 0.3) is 0 Å². The van der Waals surface area contributed by atoms with E-state index in [4.69, 9.17) is 26.2 Å². The van der Waals surface area contributed by atoms with E-state index in [1.165, 1.54) is 0 Å². The normalized spacial score (nSPS) is 10.8. The summed E-state index contributed by atoms with van der Waals surface area (Å²) in [7, 11) is 1.55. The number of hydrogen-bond donors (Lipinski definition) is 2. The number of rotatable bonds is 7. The van der Waals surface area contributed by atoms with Crippen molar-refractivity contribution in [2.45, 2.75) is 26.0 Å². The first-order valence-corrected chi connectivity index (χ1v) is 10.3. The molecule has 2 N–H and O–H groups in total. The van der Waals surface area contributed by atoms with Gasteiger partial charge in [-0.25, -0.2) is 4.79 Å². The van der Waals surface area contributed by atoms with Gasteiger partial charge in [-0.2, -0.15) is 5.26 Å². The van der Waals surface area contributed by atoms with Crippen LogP contribution in [-0.4, -0.2) is 40.6 Å². The quantitative estimate of drug-likeness (QED) is 0.503. The summed E-state index contributed by atoms with van der Waals surface area (Å²) in [6.07, 6.45) is 0. The molecule has 1 aromatic heterocycles. The maximum atomic E-state index is 10.8. The molecule has 0 fully saturated rings. The minimum absolute atomic E-state index is 0.388.